The molecule has 2 amide bonds. The lowest BCUT2D eigenvalue weighted by Gasteiger charge is -2.37. The molecule has 3 aromatic carbocycles. The van der Waals surface area contributed by atoms with Gasteiger partial charge < -0.3 is 19.9 Å². The highest BCUT2D eigenvalue weighted by atomic mass is 79.9. The fourth-order valence-electron chi connectivity index (χ4n) is 3.89. The molecule has 1 aliphatic heterocycles. The molecule has 4 rings (SSSR count). The third-order valence-corrected chi connectivity index (χ3v) is 6.34. The SMILES string of the molecule is CC(C)(Oc1ccc(Br)cc1)C(=O)Nc1ccccc1N1CCN(C(=O)c2ccccc2)CC1. The van der Waals surface area contributed by atoms with Crippen LogP contribution in [0.5, 0.6) is 5.75 Å². The van der Waals surface area contributed by atoms with E-state index in [1.54, 1.807) is 13.8 Å². The first-order chi connectivity index (χ1) is 16.3. The number of carbonyl (C=O) groups excluding carboxylic acids is 2. The third-order valence-electron chi connectivity index (χ3n) is 5.81. The summed E-state index contributed by atoms with van der Waals surface area (Å²) < 4.78 is 6.91. The number of ether oxygens (including phenoxy) is 1. The average molecular weight is 522 g/mol. The Morgan fingerprint density at radius 2 is 1.47 bits per heavy atom. The van der Waals surface area contributed by atoms with Crippen molar-refractivity contribution in [3.8, 4) is 5.75 Å². The number of nitrogens with one attached hydrogen (secondary N) is 1. The molecule has 0 radical (unpaired) electrons. The lowest BCUT2D eigenvalue weighted by Crippen LogP contribution is -2.49. The molecular formula is C27H28BrN3O3. The molecule has 34 heavy (non-hydrogen) atoms. The van der Waals surface area contributed by atoms with Crippen molar-refractivity contribution in [1.29, 1.82) is 0 Å². The molecule has 1 heterocycles. The van der Waals surface area contributed by atoms with E-state index in [9.17, 15) is 9.59 Å². The van der Waals surface area contributed by atoms with Crippen LogP contribution in [0.1, 0.15) is 24.2 Å². The molecule has 176 valence electrons. The van der Waals surface area contributed by atoms with Gasteiger partial charge in [-0.1, -0.05) is 46.3 Å². The highest BCUT2D eigenvalue weighted by Gasteiger charge is 2.31. The summed E-state index contributed by atoms with van der Waals surface area (Å²) in [6.45, 7) is 6.11. The molecule has 1 aliphatic rings. The number of carbonyl (C=O) groups is 2. The number of para-hydroxylation sites is 2. The second kappa shape index (κ2) is 10.3. The Labute approximate surface area is 208 Å². The summed E-state index contributed by atoms with van der Waals surface area (Å²) >= 11 is 3.41. The minimum Gasteiger partial charge on any atom is -0.478 e. The largest absolute Gasteiger partial charge is 0.478 e. The third kappa shape index (κ3) is 5.59. The fourth-order valence-corrected chi connectivity index (χ4v) is 4.15. The van der Waals surface area contributed by atoms with Crippen LogP contribution in [-0.2, 0) is 4.79 Å². The van der Waals surface area contributed by atoms with Crippen molar-refractivity contribution in [1.82, 2.24) is 4.90 Å². The second-order valence-corrected chi connectivity index (χ2v) is 9.60. The Morgan fingerprint density at radius 3 is 2.15 bits per heavy atom. The quantitative estimate of drug-likeness (QED) is 0.483. The van der Waals surface area contributed by atoms with Crippen LogP contribution in [-0.4, -0.2) is 48.5 Å². The van der Waals surface area contributed by atoms with Crippen LogP contribution in [0.4, 0.5) is 11.4 Å². The number of amides is 2. The van der Waals surface area contributed by atoms with E-state index in [0.717, 1.165) is 15.8 Å². The van der Waals surface area contributed by atoms with E-state index in [-0.39, 0.29) is 11.8 Å². The predicted octanol–water partition coefficient (Wildman–Crippen LogP) is 5.21. The maximum atomic E-state index is 13.1. The van der Waals surface area contributed by atoms with Crippen LogP contribution < -0.4 is 15.0 Å². The molecule has 0 aromatic heterocycles. The zero-order valence-corrected chi connectivity index (χ0v) is 20.9. The van der Waals surface area contributed by atoms with E-state index in [1.807, 2.05) is 83.8 Å². The van der Waals surface area contributed by atoms with E-state index in [1.165, 1.54) is 0 Å². The number of hydrogen-bond acceptors (Lipinski definition) is 4. The van der Waals surface area contributed by atoms with Crippen molar-refractivity contribution in [2.75, 3.05) is 36.4 Å². The number of piperazine rings is 1. The predicted molar refractivity (Wildman–Crippen MR) is 138 cm³/mol. The Bertz CT molecular complexity index is 1140. The van der Waals surface area contributed by atoms with Gasteiger partial charge in [0.1, 0.15) is 5.75 Å². The first-order valence-corrected chi connectivity index (χ1v) is 12.1. The zero-order chi connectivity index (χ0) is 24.1. The number of hydrogen-bond donors (Lipinski definition) is 1. The summed E-state index contributed by atoms with van der Waals surface area (Å²) in [4.78, 5) is 30.0. The topological polar surface area (TPSA) is 61.9 Å². The van der Waals surface area contributed by atoms with Crippen molar-refractivity contribution < 1.29 is 14.3 Å². The first kappa shape index (κ1) is 23.8. The van der Waals surface area contributed by atoms with Crippen molar-refractivity contribution in [2.45, 2.75) is 19.4 Å². The van der Waals surface area contributed by atoms with Gasteiger partial charge in [-0.25, -0.2) is 0 Å². The molecule has 0 bridgehead atoms. The van der Waals surface area contributed by atoms with Crippen LogP contribution in [0, 0.1) is 0 Å². The molecule has 1 saturated heterocycles. The minimum absolute atomic E-state index is 0.0497. The fraction of sp³-hybridized carbons (Fsp3) is 0.259. The normalized spacial score (nSPS) is 14.0. The van der Waals surface area contributed by atoms with Gasteiger partial charge in [0.05, 0.1) is 11.4 Å². The zero-order valence-electron chi connectivity index (χ0n) is 19.3. The molecule has 0 aliphatic carbocycles. The minimum atomic E-state index is -1.07. The Hall–Kier alpha value is -3.32. The standard InChI is InChI=1S/C27H28BrN3O3/c1-27(2,34-22-14-12-21(28)13-15-22)26(33)29-23-10-6-7-11-24(23)30-16-18-31(19-17-30)25(32)20-8-4-3-5-9-20/h3-15H,16-19H2,1-2H3,(H,29,33). The molecule has 3 aromatic rings. The monoisotopic (exact) mass is 521 g/mol. The van der Waals surface area contributed by atoms with Gasteiger partial charge in [0.2, 0.25) is 0 Å². The highest BCUT2D eigenvalue weighted by molar-refractivity contribution is 9.10. The number of benzene rings is 3. The van der Waals surface area contributed by atoms with Crippen LogP contribution in [0.15, 0.2) is 83.3 Å². The van der Waals surface area contributed by atoms with E-state index in [4.69, 9.17) is 4.74 Å². The van der Waals surface area contributed by atoms with Gasteiger partial charge in [-0.2, -0.15) is 0 Å². The van der Waals surface area contributed by atoms with Gasteiger partial charge >= 0.3 is 0 Å². The van der Waals surface area contributed by atoms with Crippen molar-refractivity contribution in [2.24, 2.45) is 0 Å². The van der Waals surface area contributed by atoms with Crippen molar-refractivity contribution in [3.05, 3.63) is 88.9 Å². The smallest absolute Gasteiger partial charge is 0.268 e. The van der Waals surface area contributed by atoms with Gasteiger partial charge in [0.25, 0.3) is 11.8 Å². The van der Waals surface area contributed by atoms with Gasteiger partial charge in [0.15, 0.2) is 5.60 Å². The van der Waals surface area contributed by atoms with Gasteiger partial charge in [-0.05, 0) is 62.4 Å². The van der Waals surface area contributed by atoms with E-state index in [0.29, 0.717) is 37.5 Å². The molecule has 1 N–H and O–H groups in total. The highest BCUT2D eigenvalue weighted by Crippen LogP contribution is 2.29. The average Bonchev–Trinajstić information content (AvgIpc) is 2.86. The number of nitrogens with zero attached hydrogens (tertiary/aromatic N) is 2. The summed E-state index contributed by atoms with van der Waals surface area (Å²) in [7, 11) is 0. The lowest BCUT2D eigenvalue weighted by atomic mass is 10.1. The molecule has 7 heteroatoms. The summed E-state index contributed by atoms with van der Waals surface area (Å²) in [6.07, 6.45) is 0. The van der Waals surface area contributed by atoms with Crippen LogP contribution in [0.3, 0.4) is 0 Å². The van der Waals surface area contributed by atoms with E-state index >= 15 is 0 Å². The van der Waals surface area contributed by atoms with Crippen LogP contribution in [0.25, 0.3) is 0 Å². The van der Waals surface area contributed by atoms with Gasteiger partial charge in [0, 0.05) is 36.2 Å². The Kier molecular flexibility index (Phi) is 7.22. The molecule has 0 unspecified atom stereocenters. The molecular weight excluding hydrogens is 494 g/mol. The molecule has 1 fully saturated rings. The number of halogens is 1. The Balaban J connectivity index is 1.41. The second-order valence-electron chi connectivity index (χ2n) is 8.68. The van der Waals surface area contributed by atoms with E-state index in [2.05, 4.69) is 26.1 Å². The van der Waals surface area contributed by atoms with Gasteiger partial charge in [-0.3, -0.25) is 9.59 Å². The lowest BCUT2D eigenvalue weighted by molar-refractivity contribution is -0.128. The summed E-state index contributed by atoms with van der Waals surface area (Å²) in [5, 5.41) is 3.04. The number of rotatable bonds is 6. The summed E-state index contributed by atoms with van der Waals surface area (Å²) in [5.74, 6) is 0.435. The van der Waals surface area contributed by atoms with Gasteiger partial charge in [-0.15, -0.1) is 0 Å². The van der Waals surface area contributed by atoms with Crippen molar-refractivity contribution in [3.63, 3.8) is 0 Å². The van der Waals surface area contributed by atoms with Crippen LogP contribution >= 0.6 is 15.9 Å². The molecule has 0 saturated carbocycles. The molecule has 0 atom stereocenters. The summed E-state index contributed by atoms with van der Waals surface area (Å²) in [5.41, 5.74) is 1.29. The summed E-state index contributed by atoms with van der Waals surface area (Å²) in [6, 6.07) is 24.5. The number of anilines is 2. The molecule has 0 spiro atoms. The Morgan fingerprint density at radius 1 is 0.853 bits per heavy atom. The van der Waals surface area contributed by atoms with Crippen molar-refractivity contribution >= 4 is 39.1 Å². The first-order valence-electron chi connectivity index (χ1n) is 11.3. The van der Waals surface area contributed by atoms with Crippen LogP contribution in [0.2, 0.25) is 0 Å². The molecule has 6 nitrogen and oxygen atoms in total. The van der Waals surface area contributed by atoms with E-state index < -0.39 is 5.60 Å². The maximum absolute atomic E-state index is 13.1. The maximum Gasteiger partial charge on any atom is 0.268 e.